The van der Waals surface area contributed by atoms with Gasteiger partial charge in [-0.3, -0.25) is 9.69 Å². The van der Waals surface area contributed by atoms with Crippen LogP contribution >= 0.6 is 0 Å². The summed E-state index contributed by atoms with van der Waals surface area (Å²) in [6.07, 6.45) is -0.969. The second-order valence-corrected chi connectivity index (χ2v) is 7.77. The highest BCUT2D eigenvalue weighted by molar-refractivity contribution is 7.91. The van der Waals surface area contributed by atoms with E-state index in [9.17, 15) is 18.3 Å². The van der Waals surface area contributed by atoms with Gasteiger partial charge in [-0.1, -0.05) is 0 Å². The van der Waals surface area contributed by atoms with E-state index in [1.807, 2.05) is 0 Å². The molecule has 0 saturated carbocycles. The third kappa shape index (κ3) is 4.01. The van der Waals surface area contributed by atoms with Gasteiger partial charge in [0, 0.05) is 5.56 Å². The van der Waals surface area contributed by atoms with Gasteiger partial charge in [-0.15, -0.1) is 0 Å². The normalized spacial score (nSPS) is 23.0. The molecule has 2 rings (SSSR count). The fourth-order valence-electron chi connectivity index (χ4n) is 2.68. The minimum atomic E-state index is -3.25. The lowest BCUT2D eigenvalue weighted by Crippen LogP contribution is -2.43. The second-order valence-electron chi connectivity index (χ2n) is 5.62. The van der Waals surface area contributed by atoms with Crippen LogP contribution < -0.4 is 9.47 Å². The highest BCUT2D eigenvalue weighted by Crippen LogP contribution is 2.28. The minimum Gasteiger partial charge on any atom is -0.493 e. The first-order chi connectivity index (χ1) is 10.8. The Kier molecular flexibility index (Phi) is 5.28. The summed E-state index contributed by atoms with van der Waals surface area (Å²) in [5.41, 5.74) is 0.435. The van der Waals surface area contributed by atoms with Crippen molar-refractivity contribution in [3.63, 3.8) is 0 Å². The van der Waals surface area contributed by atoms with Crippen molar-refractivity contribution in [1.29, 1.82) is 0 Å². The molecule has 128 valence electrons. The van der Waals surface area contributed by atoms with Gasteiger partial charge in [0.2, 0.25) is 0 Å². The van der Waals surface area contributed by atoms with Crippen LogP contribution in [0.1, 0.15) is 10.4 Å². The summed E-state index contributed by atoms with van der Waals surface area (Å²) in [4.78, 5) is 14.0. The number of likely N-dealkylation sites (N-methyl/N-ethyl adjacent to an activating group) is 1. The number of aliphatic hydroxyl groups excluding tert-OH is 1. The Bertz CT molecular complexity index is 687. The first-order valence-corrected chi connectivity index (χ1v) is 8.93. The molecule has 1 N–H and O–H groups in total. The van der Waals surface area contributed by atoms with Crippen LogP contribution in [-0.4, -0.2) is 75.7 Å². The summed E-state index contributed by atoms with van der Waals surface area (Å²) in [5, 5.41) is 9.86. The van der Waals surface area contributed by atoms with E-state index in [1.54, 1.807) is 30.1 Å². The predicted molar refractivity (Wildman–Crippen MR) is 85.0 cm³/mol. The molecular weight excluding hydrogens is 322 g/mol. The molecule has 1 aliphatic heterocycles. The SMILES string of the molecule is COc1ccc(C(=O)CN(C)[C@H]2CS(=O)(=O)C[C@@H]2O)cc1OC. The molecule has 0 unspecified atom stereocenters. The van der Waals surface area contributed by atoms with E-state index in [0.29, 0.717) is 17.1 Å². The molecule has 0 aromatic heterocycles. The van der Waals surface area contributed by atoms with Crippen LogP contribution in [-0.2, 0) is 9.84 Å². The second kappa shape index (κ2) is 6.86. The molecule has 1 heterocycles. The molecule has 2 atom stereocenters. The monoisotopic (exact) mass is 343 g/mol. The summed E-state index contributed by atoms with van der Waals surface area (Å²) in [5.74, 6) is 0.389. The van der Waals surface area contributed by atoms with Gasteiger partial charge >= 0.3 is 0 Å². The Hall–Kier alpha value is -1.64. The highest BCUT2D eigenvalue weighted by Gasteiger charge is 2.39. The van der Waals surface area contributed by atoms with E-state index in [1.165, 1.54) is 14.2 Å². The number of nitrogens with zero attached hydrogens (tertiary/aromatic N) is 1. The number of ether oxygens (including phenoxy) is 2. The maximum Gasteiger partial charge on any atom is 0.176 e. The van der Waals surface area contributed by atoms with Crippen LogP contribution in [0.4, 0.5) is 0 Å². The number of hydrogen-bond acceptors (Lipinski definition) is 7. The van der Waals surface area contributed by atoms with Gasteiger partial charge in [0.15, 0.2) is 27.1 Å². The number of benzene rings is 1. The molecule has 1 saturated heterocycles. The molecule has 1 aromatic rings. The van der Waals surface area contributed by atoms with Crippen LogP contribution in [0.25, 0.3) is 0 Å². The topological polar surface area (TPSA) is 93.1 Å². The maximum atomic E-state index is 12.4. The van der Waals surface area contributed by atoms with Crippen molar-refractivity contribution < 1.29 is 27.8 Å². The molecule has 0 radical (unpaired) electrons. The molecule has 8 heteroatoms. The number of carbonyl (C=O) groups excluding carboxylic acids is 1. The van der Waals surface area contributed by atoms with Crippen molar-refractivity contribution >= 4 is 15.6 Å². The molecule has 1 aromatic carbocycles. The Labute approximate surface area is 135 Å². The fraction of sp³-hybridized carbons (Fsp3) is 0.533. The van der Waals surface area contributed by atoms with Crippen molar-refractivity contribution in [3.05, 3.63) is 23.8 Å². The van der Waals surface area contributed by atoms with Crippen LogP contribution in [0.5, 0.6) is 11.5 Å². The average molecular weight is 343 g/mol. The molecule has 0 aliphatic carbocycles. The predicted octanol–water partition coefficient (Wildman–Crippen LogP) is -0.0238. The van der Waals surface area contributed by atoms with Crippen LogP contribution in [0.2, 0.25) is 0 Å². The van der Waals surface area contributed by atoms with Crippen molar-refractivity contribution in [1.82, 2.24) is 4.90 Å². The summed E-state index contributed by atoms with van der Waals surface area (Å²) in [6.45, 7) is 0.00668. The van der Waals surface area contributed by atoms with Gasteiger partial charge in [-0.2, -0.15) is 0 Å². The first-order valence-electron chi connectivity index (χ1n) is 7.11. The van der Waals surface area contributed by atoms with Crippen molar-refractivity contribution in [2.75, 3.05) is 39.3 Å². The van der Waals surface area contributed by atoms with Gasteiger partial charge < -0.3 is 14.6 Å². The number of Topliss-reactive ketones (excluding diaryl/α,β-unsaturated/α-hetero) is 1. The molecule has 7 nitrogen and oxygen atoms in total. The molecule has 1 fully saturated rings. The number of rotatable bonds is 6. The largest absolute Gasteiger partial charge is 0.493 e. The number of aliphatic hydroxyl groups is 1. The average Bonchev–Trinajstić information content (AvgIpc) is 2.79. The summed E-state index contributed by atoms with van der Waals surface area (Å²) >= 11 is 0. The lowest BCUT2D eigenvalue weighted by Gasteiger charge is -2.25. The van der Waals surface area contributed by atoms with E-state index in [0.717, 1.165) is 0 Å². The quantitative estimate of drug-likeness (QED) is 0.725. The van der Waals surface area contributed by atoms with Crippen LogP contribution in [0, 0.1) is 0 Å². The zero-order valence-electron chi connectivity index (χ0n) is 13.4. The van der Waals surface area contributed by atoms with Crippen molar-refractivity contribution in [2.45, 2.75) is 12.1 Å². The maximum absolute atomic E-state index is 12.4. The first kappa shape index (κ1) is 17.7. The number of sulfone groups is 1. The highest BCUT2D eigenvalue weighted by atomic mass is 32.2. The molecule has 0 bridgehead atoms. The van der Waals surface area contributed by atoms with Gasteiger partial charge in [0.25, 0.3) is 0 Å². The van der Waals surface area contributed by atoms with E-state index < -0.39 is 22.0 Å². The smallest absolute Gasteiger partial charge is 0.176 e. The van der Waals surface area contributed by atoms with Crippen molar-refractivity contribution in [2.24, 2.45) is 0 Å². The lowest BCUT2D eigenvalue weighted by molar-refractivity contribution is 0.0789. The van der Waals surface area contributed by atoms with Crippen molar-refractivity contribution in [3.8, 4) is 11.5 Å². The molecule has 1 aliphatic rings. The number of ketones is 1. The van der Waals surface area contributed by atoms with Crippen LogP contribution in [0.15, 0.2) is 18.2 Å². The lowest BCUT2D eigenvalue weighted by atomic mass is 10.1. The summed E-state index contributed by atoms with van der Waals surface area (Å²) < 4.78 is 33.4. The third-order valence-electron chi connectivity index (χ3n) is 3.96. The molecule has 0 spiro atoms. The summed E-state index contributed by atoms with van der Waals surface area (Å²) in [6, 6.07) is 4.28. The molecule has 0 amide bonds. The van der Waals surface area contributed by atoms with E-state index >= 15 is 0 Å². The van der Waals surface area contributed by atoms with Gasteiger partial charge in [-0.25, -0.2) is 8.42 Å². The third-order valence-corrected chi connectivity index (χ3v) is 5.66. The Morgan fingerprint density at radius 3 is 2.43 bits per heavy atom. The Morgan fingerprint density at radius 2 is 1.91 bits per heavy atom. The van der Waals surface area contributed by atoms with Gasteiger partial charge in [-0.05, 0) is 25.2 Å². The van der Waals surface area contributed by atoms with Gasteiger partial charge in [0.05, 0.1) is 44.4 Å². The number of hydrogen-bond donors (Lipinski definition) is 1. The number of carbonyl (C=O) groups is 1. The molecular formula is C15H21NO6S. The summed E-state index contributed by atoms with van der Waals surface area (Å²) in [7, 11) is 1.38. The van der Waals surface area contributed by atoms with Crippen LogP contribution in [0.3, 0.4) is 0 Å². The standard InChI is InChI=1S/C15H21NO6S/c1-16(11-8-23(19,20)9-13(11)18)7-12(17)10-4-5-14(21-2)15(6-10)22-3/h4-6,11,13,18H,7-9H2,1-3H3/t11-,13-/m0/s1. The Morgan fingerprint density at radius 1 is 1.26 bits per heavy atom. The van der Waals surface area contributed by atoms with E-state index in [2.05, 4.69) is 0 Å². The van der Waals surface area contributed by atoms with Gasteiger partial charge in [0.1, 0.15) is 0 Å². The number of methoxy groups -OCH3 is 2. The molecule has 23 heavy (non-hydrogen) atoms. The zero-order valence-corrected chi connectivity index (χ0v) is 14.2. The minimum absolute atomic E-state index is 0.00668. The Balaban J connectivity index is 2.10. The zero-order chi connectivity index (χ0) is 17.2. The van der Waals surface area contributed by atoms with E-state index in [-0.39, 0.29) is 23.8 Å². The van der Waals surface area contributed by atoms with E-state index in [4.69, 9.17) is 9.47 Å². The fourth-order valence-corrected chi connectivity index (χ4v) is 4.55.